The fourth-order valence-corrected chi connectivity index (χ4v) is 10.6. The molecular formula is C50H47FN8O6. The number of amides is 4. The number of carbonyl (C=O) groups is 4. The number of fused-ring (bicyclic) bond motifs is 5. The third kappa shape index (κ3) is 7.28. The molecule has 4 amide bonds. The van der Waals surface area contributed by atoms with E-state index in [1.807, 2.05) is 76.5 Å². The number of methoxy groups -OCH3 is 2. The Morgan fingerprint density at radius 1 is 0.677 bits per heavy atom. The van der Waals surface area contributed by atoms with Gasteiger partial charge in [0, 0.05) is 28.9 Å². The highest BCUT2D eigenvalue weighted by molar-refractivity contribution is 5.89. The van der Waals surface area contributed by atoms with Gasteiger partial charge >= 0.3 is 12.2 Å². The molecule has 4 fully saturated rings. The van der Waals surface area contributed by atoms with Crippen LogP contribution in [0.2, 0.25) is 0 Å². The zero-order valence-corrected chi connectivity index (χ0v) is 35.8. The van der Waals surface area contributed by atoms with Crippen molar-refractivity contribution >= 4 is 24.0 Å². The number of piperidine rings is 2. The molecule has 4 heterocycles. The molecule has 2 aromatic heterocycles. The number of nitrogens with zero attached hydrogens (tertiary/aromatic N) is 4. The van der Waals surface area contributed by atoms with E-state index in [1.165, 1.54) is 20.3 Å². The second-order valence-electron chi connectivity index (χ2n) is 17.8. The van der Waals surface area contributed by atoms with Gasteiger partial charge in [-0.2, -0.15) is 0 Å². The van der Waals surface area contributed by atoms with Gasteiger partial charge < -0.3 is 39.9 Å². The molecule has 11 rings (SSSR count). The minimum absolute atomic E-state index is 0.0382. The number of benzene rings is 4. The van der Waals surface area contributed by atoms with E-state index >= 15 is 4.39 Å². The van der Waals surface area contributed by atoms with Gasteiger partial charge in [0.2, 0.25) is 0 Å². The number of rotatable bonds is 10. The lowest BCUT2D eigenvalue weighted by Gasteiger charge is -2.30. The minimum atomic E-state index is -0.935. The van der Waals surface area contributed by atoms with Crippen LogP contribution in [0, 0.1) is 17.7 Å². The molecule has 65 heavy (non-hydrogen) atoms. The van der Waals surface area contributed by atoms with E-state index in [0.717, 1.165) is 78.0 Å². The number of aromatic nitrogens is 4. The topological polar surface area (TPSA) is 175 Å². The summed E-state index contributed by atoms with van der Waals surface area (Å²) in [5.74, 6) is 1.19. The van der Waals surface area contributed by atoms with Gasteiger partial charge in [0.1, 0.15) is 29.5 Å². The Bertz CT molecular complexity index is 2850. The number of hydrogen-bond donors (Lipinski definition) is 4. The van der Waals surface area contributed by atoms with Crippen molar-refractivity contribution in [3.63, 3.8) is 0 Å². The van der Waals surface area contributed by atoms with Gasteiger partial charge in [-0.25, -0.2) is 23.9 Å². The highest BCUT2D eigenvalue weighted by Gasteiger charge is 2.57. The second kappa shape index (κ2) is 16.1. The van der Waals surface area contributed by atoms with Crippen molar-refractivity contribution in [3.05, 3.63) is 143 Å². The molecule has 3 aliphatic carbocycles. The summed E-state index contributed by atoms with van der Waals surface area (Å²) in [6.07, 6.45) is 5.06. The van der Waals surface area contributed by atoms with Crippen molar-refractivity contribution in [1.82, 2.24) is 40.4 Å². The molecule has 330 valence electrons. The summed E-state index contributed by atoms with van der Waals surface area (Å²) >= 11 is 0. The van der Waals surface area contributed by atoms with Gasteiger partial charge in [-0.3, -0.25) is 9.59 Å². The van der Waals surface area contributed by atoms with Crippen LogP contribution >= 0.6 is 0 Å². The highest BCUT2D eigenvalue weighted by atomic mass is 19.1. The van der Waals surface area contributed by atoms with Gasteiger partial charge in [-0.1, -0.05) is 84.9 Å². The van der Waals surface area contributed by atoms with Crippen LogP contribution in [-0.4, -0.2) is 80.0 Å². The first-order valence-electron chi connectivity index (χ1n) is 22.2. The Morgan fingerprint density at radius 3 is 1.80 bits per heavy atom. The van der Waals surface area contributed by atoms with Crippen molar-refractivity contribution in [2.24, 2.45) is 11.8 Å². The van der Waals surface area contributed by atoms with E-state index in [4.69, 9.17) is 14.5 Å². The summed E-state index contributed by atoms with van der Waals surface area (Å²) in [6, 6.07) is 27.3. The number of H-pyrrole nitrogens is 2. The number of alkyl carbamates (subject to hydrolysis) is 2. The fraction of sp³-hybridized carbons (Fsp3) is 0.320. The SMILES string of the molecule is COC(=O)NC(C(=O)N1C2CC2C[C@H]1c1ncc(-c2ccc(-c3ccc4c(c3)CCc3[nH]c([C@@H]5C[C@H]6CC6N5C(=O)[C@H](NC(=O)OC)c5ccccc5)nc3-4)cc2F)[nH]1)c1ccccc1. The molecule has 8 atom stereocenters. The average Bonchev–Trinajstić information content (AvgIpc) is 3.95. The van der Waals surface area contributed by atoms with Gasteiger partial charge in [0.05, 0.1) is 43.9 Å². The molecule has 6 aromatic rings. The smallest absolute Gasteiger partial charge is 0.407 e. The summed E-state index contributed by atoms with van der Waals surface area (Å²) in [5.41, 5.74) is 7.80. The summed E-state index contributed by atoms with van der Waals surface area (Å²) in [6.45, 7) is 0. The number of aromatic amines is 2. The molecule has 14 nitrogen and oxygen atoms in total. The minimum Gasteiger partial charge on any atom is -0.453 e. The van der Waals surface area contributed by atoms with Crippen LogP contribution in [-0.2, 0) is 31.9 Å². The van der Waals surface area contributed by atoms with Crippen molar-refractivity contribution in [2.75, 3.05) is 14.2 Å². The van der Waals surface area contributed by atoms with Crippen molar-refractivity contribution in [1.29, 1.82) is 0 Å². The van der Waals surface area contributed by atoms with E-state index in [9.17, 15) is 19.2 Å². The summed E-state index contributed by atoms with van der Waals surface area (Å²) in [7, 11) is 2.55. The van der Waals surface area contributed by atoms with E-state index < -0.39 is 30.1 Å². The van der Waals surface area contributed by atoms with Crippen LogP contribution in [0.1, 0.15) is 83.9 Å². The number of imidazole rings is 2. The molecule has 4 N–H and O–H groups in total. The molecule has 0 radical (unpaired) electrons. The van der Waals surface area contributed by atoms with Crippen molar-refractivity contribution in [3.8, 4) is 33.6 Å². The molecule has 0 bridgehead atoms. The predicted molar refractivity (Wildman–Crippen MR) is 236 cm³/mol. The molecular weight excluding hydrogens is 828 g/mol. The number of ether oxygens (including phenoxy) is 2. The Labute approximate surface area is 374 Å². The molecule has 4 unspecified atom stereocenters. The first-order chi connectivity index (χ1) is 31.7. The lowest BCUT2D eigenvalue weighted by Crippen LogP contribution is -2.44. The van der Waals surface area contributed by atoms with Crippen LogP contribution in [0.25, 0.3) is 33.6 Å². The second-order valence-corrected chi connectivity index (χ2v) is 17.8. The summed E-state index contributed by atoms with van der Waals surface area (Å²) < 4.78 is 25.9. The van der Waals surface area contributed by atoms with Crippen molar-refractivity contribution in [2.45, 2.75) is 74.8 Å². The molecule has 5 aliphatic rings. The summed E-state index contributed by atoms with van der Waals surface area (Å²) in [5, 5.41) is 5.48. The van der Waals surface area contributed by atoms with E-state index in [-0.39, 0.29) is 36.0 Å². The normalized spacial score (nSPS) is 23.0. The van der Waals surface area contributed by atoms with Gasteiger partial charge in [0.25, 0.3) is 11.8 Å². The number of carbonyl (C=O) groups excluding carboxylic acids is 4. The molecule has 0 spiro atoms. The van der Waals surface area contributed by atoms with Crippen LogP contribution in [0.4, 0.5) is 14.0 Å². The Balaban J connectivity index is 0.813. The lowest BCUT2D eigenvalue weighted by atomic mass is 9.89. The number of aryl methyl sites for hydroxylation is 2. The predicted octanol–water partition coefficient (Wildman–Crippen LogP) is 7.89. The Hall–Kier alpha value is -7.29. The maximum absolute atomic E-state index is 16.1. The third-order valence-corrected chi connectivity index (χ3v) is 14.0. The number of likely N-dealkylation sites (tertiary alicyclic amines) is 2. The standard InChI is InChI=1S/C50H47FN8O6/c1-64-49(62)56-42(26-9-5-3-6-10-26)47(60)58-38-21-31(38)23-40(58)45-52-25-37(54-45)34-17-14-29(20-35(34)51)28-13-16-33-30(19-28)15-18-36-44(33)55-46(53-36)41-24-32-22-39(32)59(41)48(61)43(57-50(63)65-2)27-11-7-4-8-12-27/h3-14,16-17,19-20,25,31-32,38-43H,15,18,21-24H2,1-2H3,(H,52,54)(H,53,55)(H,56,62)(H,57,63)/t31?,32-,38?,39?,40+,41+,42?,43-/m1/s1. The number of nitrogens with one attached hydrogen (secondary N) is 4. The van der Waals surface area contributed by atoms with Gasteiger partial charge in [-0.15, -0.1) is 0 Å². The highest BCUT2D eigenvalue weighted by Crippen LogP contribution is 2.55. The molecule has 15 heteroatoms. The van der Waals surface area contributed by atoms with Crippen LogP contribution < -0.4 is 10.6 Å². The van der Waals surface area contributed by atoms with Crippen LogP contribution in [0.15, 0.2) is 103 Å². The molecule has 2 saturated carbocycles. The Morgan fingerprint density at radius 2 is 1.23 bits per heavy atom. The average molecular weight is 875 g/mol. The molecule has 2 aliphatic heterocycles. The van der Waals surface area contributed by atoms with Gasteiger partial charge in [-0.05, 0) is 90.3 Å². The fourth-order valence-electron chi connectivity index (χ4n) is 10.6. The first-order valence-corrected chi connectivity index (χ1v) is 22.2. The quantitative estimate of drug-likeness (QED) is 0.108. The lowest BCUT2D eigenvalue weighted by molar-refractivity contribution is -0.136. The number of hydrogen-bond acceptors (Lipinski definition) is 8. The maximum Gasteiger partial charge on any atom is 0.407 e. The summed E-state index contributed by atoms with van der Waals surface area (Å²) in [4.78, 5) is 73.7. The molecule has 4 aromatic carbocycles. The third-order valence-electron chi connectivity index (χ3n) is 14.0. The van der Waals surface area contributed by atoms with E-state index in [2.05, 4.69) is 31.7 Å². The number of halogens is 1. The monoisotopic (exact) mass is 874 g/mol. The zero-order chi connectivity index (χ0) is 44.5. The Kier molecular flexibility index (Phi) is 10.00. The largest absolute Gasteiger partial charge is 0.453 e. The van der Waals surface area contributed by atoms with Crippen molar-refractivity contribution < 1.29 is 33.0 Å². The van der Waals surface area contributed by atoms with E-state index in [0.29, 0.717) is 40.0 Å². The zero-order valence-electron chi connectivity index (χ0n) is 35.8. The molecule has 2 saturated heterocycles. The van der Waals surface area contributed by atoms with Gasteiger partial charge in [0.15, 0.2) is 0 Å². The van der Waals surface area contributed by atoms with Crippen LogP contribution in [0.3, 0.4) is 0 Å². The maximum atomic E-state index is 16.1. The van der Waals surface area contributed by atoms with Crippen LogP contribution in [0.5, 0.6) is 0 Å². The van der Waals surface area contributed by atoms with E-state index in [1.54, 1.807) is 24.4 Å². The first kappa shape index (κ1) is 40.5.